The van der Waals surface area contributed by atoms with Crippen molar-refractivity contribution in [2.45, 2.75) is 0 Å². The van der Waals surface area contributed by atoms with Crippen LogP contribution in [0.3, 0.4) is 0 Å². The van der Waals surface area contributed by atoms with Crippen LogP contribution in [0.5, 0.6) is 0 Å². The van der Waals surface area contributed by atoms with Gasteiger partial charge in [0.2, 0.25) is 0 Å². The second-order valence-corrected chi connectivity index (χ2v) is 6.56. The molecule has 1 aliphatic heterocycles. The van der Waals surface area contributed by atoms with Crippen LogP contribution in [0.2, 0.25) is 0 Å². The van der Waals surface area contributed by atoms with Gasteiger partial charge in [-0.3, -0.25) is 10.1 Å². The first-order valence-electron chi connectivity index (χ1n) is 8.43. The lowest BCUT2D eigenvalue weighted by atomic mass is 10.2. The highest BCUT2D eigenvalue weighted by atomic mass is 32.1. The van der Waals surface area contributed by atoms with Crippen molar-refractivity contribution >= 4 is 40.4 Å². The molecule has 0 bridgehead atoms. The SMILES string of the molecule is O=C(O)c1ccc(NC(=S)N2CCN(c3ccc([N+](=O)[O-])cc3)CC2)cc1F. The van der Waals surface area contributed by atoms with E-state index in [1.165, 1.54) is 24.3 Å². The smallest absolute Gasteiger partial charge is 0.338 e. The van der Waals surface area contributed by atoms with E-state index in [-0.39, 0.29) is 5.69 Å². The summed E-state index contributed by atoms with van der Waals surface area (Å²) in [6, 6.07) is 10.1. The molecule has 0 radical (unpaired) electrons. The first kappa shape index (κ1) is 19.5. The molecule has 0 atom stereocenters. The molecule has 0 spiro atoms. The monoisotopic (exact) mass is 404 g/mol. The summed E-state index contributed by atoms with van der Waals surface area (Å²) < 4.78 is 13.8. The second kappa shape index (κ2) is 8.17. The van der Waals surface area contributed by atoms with Crippen molar-refractivity contribution in [3.05, 3.63) is 64.0 Å². The first-order chi connectivity index (χ1) is 13.3. The summed E-state index contributed by atoms with van der Waals surface area (Å²) in [7, 11) is 0. The Hall–Kier alpha value is -3.27. The number of anilines is 2. The quantitative estimate of drug-likeness (QED) is 0.456. The second-order valence-electron chi connectivity index (χ2n) is 6.18. The van der Waals surface area contributed by atoms with Gasteiger partial charge in [-0.25, -0.2) is 9.18 Å². The zero-order chi connectivity index (χ0) is 20.3. The number of halogens is 1. The number of hydrogen-bond acceptors (Lipinski definition) is 5. The van der Waals surface area contributed by atoms with E-state index in [9.17, 15) is 19.3 Å². The summed E-state index contributed by atoms with van der Waals surface area (Å²) in [5.74, 6) is -2.16. The molecule has 0 aliphatic carbocycles. The normalized spacial score (nSPS) is 13.9. The van der Waals surface area contributed by atoms with Gasteiger partial charge in [0.1, 0.15) is 5.82 Å². The molecule has 2 N–H and O–H groups in total. The zero-order valence-corrected chi connectivity index (χ0v) is 15.5. The number of nitro benzene ring substituents is 1. The van der Waals surface area contributed by atoms with Gasteiger partial charge >= 0.3 is 5.97 Å². The highest BCUT2D eigenvalue weighted by molar-refractivity contribution is 7.80. The molecule has 8 nitrogen and oxygen atoms in total. The maximum Gasteiger partial charge on any atom is 0.338 e. The van der Waals surface area contributed by atoms with Crippen LogP contribution in [0.25, 0.3) is 0 Å². The third-order valence-corrected chi connectivity index (χ3v) is 4.80. The number of rotatable bonds is 4. The van der Waals surface area contributed by atoms with Crippen molar-refractivity contribution in [1.82, 2.24) is 4.90 Å². The molecule has 3 rings (SSSR count). The van der Waals surface area contributed by atoms with Gasteiger partial charge in [0, 0.05) is 49.7 Å². The fraction of sp³-hybridized carbons (Fsp3) is 0.222. The molecule has 0 saturated carbocycles. The number of aromatic carboxylic acids is 1. The Morgan fingerprint density at radius 1 is 1.14 bits per heavy atom. The van der Waals surface area contributed by atoms with Gasteiger partial charge in [-0.2, -0.15) is 0 Å². The predicted molar refractivity (Wildman–Crippen MR) is 106 cm³/mol. The van der Waals surface area contributed by atoms with Gasteiger partial charge < -0.3 is 20.2 Å². The summed E-state index contributed by atoms with van der Waals surface area (Å²) in [6.45, 7) is 2.59. The Bertz CT molecular complexity index is 914. The number of piperazine rings is 1. The van der Waals surface area contributed by atoms with Crippen LogP contribution in [0.4, 0.5) is 21.5 Å². The van der Waals surface area contributed by atoms with E-state index >= 15 is 0 Å². The summed E-state index contributed by atoms with van der Waals surface area (Å²) in [6.07, 6.45) is 0. The molecule has 146 valence electrons. The molecule has 1 heterocycles. The highest BCUT2D eigenvalue weighted by Gasteiger charge is 2.20. The van der Waals surface area contributed by atoms with Gasteiger partial charge in [0.05, 0.1) is 10.5 Å². The van der Waals surface area contributed by atoms with Crippen LogP contribution >= 0.6 is 12.2 Å². The Kier molecular flexibility index (Phi) is 5.69. The molecule has 2 aromatic rings. The number of non-ortho nitro benzene ring substituents is 1. The lowest BCUT2D eigenvalue weighted by molar-refractivity contribution is -0.384. The summed E-state index contributed by atoms with van der Waals surface area (Å²) in [5, 5.41) is 23.0. The van der Waals surface area contributed by atoms with E-state index in [4.69, 9.17) is 17.3 Å². The predicted octanol–water partition coefficient (Wildman–Crippen LogP) is 2.95. The summed E-state index contributed by atoms with van der Waals surface area (Å²) >= 11 is 5.37. The van der Waals surface area contributed by atoms with Crippen LogP contribution < -0.4 is 10.2 Å². The largest absolute Gasteiger partial charge is 0.478 e. The molecule has 0 aromatic heterocycles. The van der Waals surface area contributed by atoms with Crippen LogP contribution in [-0.2, 0) is 0 Å². The van der Waals surface area contributed by atoms with E-state index in [1.54, 1.807) is 12.1 Å². The van der Waals surface area contributed by atoms with Crippen LogP contribution in [-0.4, -0.2) is 52.2 Å². The number of thiocarbonyl (C=S) groups is 1. The average Bonchev–Trinajstić information content (AvgIpc) is 2.68. The van der Waals surface area contributed by atoms with Crippen molar-refractivity contribution in [2.24, 2.45) is 0 Å². The van der Waals surface area contributed by atoms with Crippen LogP contribution in [0.15, 0.2) is 42.5 Å². The van der Waals surface area contributed by atoms with Gasteiger partial charge in [0.15, 0.2) is 5.11 Å². The minimum absolute atomic E-state index is 0.0499. The number of nitrogens with zero attached hydrogens (tertiary/aromatic N) is 3. The average molecular weight is 404 g/mol. The minimum atomic E-state index is -1.33. The Morgan fingerprint density at radius 3 is 2.32 bits per heavy atom. The van der Waals surface area contributed by atoms with Crippen LogP contribution in [0.1, 0.15) is 10.4 Å². The molecule has 1 saturated heterocycles. The zero-order valence-electron chi connectivity index (χ0n) is 14.7. The Morgan fingerprint density at radius 2 is 1.79 bits per heavy atom. The Balaban J connectivity index is 1.57. The molecule has 28 heavy (non-hydrogen) atoms. The third kappa shape index (κ3) is 4.34. The van der Waals surface area contributed by atoms with Crippen LogP contribution in [0, 0.1) is 15.9 Å². The number of carboxylic acids is 1. The van der Waals surface area contributed by atoms with E-state index in [1.807, 2.05) is 4.90 Å². The maximum absolute atomic E-state index is 13.8. The number of carboxylic acid groups (broad SMARTS) is 1. The molecular weight excluding hydrogens is 387 g/mol. The summed E-state index contributed by atoms with van der Waals surface area (Å²) in [4.78, 5) is 25.2. The standard InChI is InChI=1S/C18H17FN4O4S/c19-16-11-12(1-6-15(16)17(24)25)20-18(28)22-9-7-21(8-10-22)13-2-4-14(5-3-13)23(26)27/h1-6,11H,7-10H2,(H,20,28)(H,24,25). The van der Waals surface area contributed by atoms with E-state index in [0.29, 0.717) is 37.0 Å². The number of nitrogens with one attached hydrogen (secondary N) is 1. The van der Waals surface area contributed by atoms with Gasteiger partial charge in [-0.15, -0.1) is 0 Å². The van der Waals surface area contributed by atoms with Crippen molar-refractivity contribution in [2.75, 3.05) is 36.4 Å². The molecule has 0 unspecified atom stereocenters. The highest BCUT2D eigenvalue weighted by Crippen LogP contribution is 2.21. The molecule has 2 aromatic carbocycles. The molecule has 1 fully saturated rings. The van der Waals surface area contributed by atoms with Gasteiger partial charge in [-0.1, -0.05) is 0 Å². The van der Waals surface area contributed by atoms with Crippen molar-refractivity contribution in [3.8, 4) is 0 Å². The van der Waals surface area contributed by atoms with E-state index in [0.717, 1.165) is 11.8 Å². The lowest BCUT2D eigenvalue weighted by Gasteiger charge is -2.37. The lowest BCUT2D eigenvalue weighted by Crippen LogP contribution is -2.50. The van der Waals surface area contributed by atoms with E-state index < -0.39 is 22.3 Å². The molecule has 0 amide bonds. The number of carbonyl (C=O) groups is 1. The fourth-order valence-electron chi connectivity index (χ4n) is 2.92. The first-order valence-corrected chi connectivity index (χ1v) is 8.84. The van der Waals surface area contributed by atoms with Crippen molar-refractivity contribution in [3.63, 3.8) is 0 Å². The number of hydrogen-bond donors (Lipinski definition) is 2. The van der Waals surface area contributed by atoms with Gasteiger partial charge in [0.25, 0.3) is 5.69 Å². The summed E-state index contributed by atoms with van der Waals surface area (Å²) in [5.41, 5.74) is 0.933. The molecule has 10 heteroatoms. The maximum atomic E-state index is 13.8. The van der Waals surface area contributed by atoms with Crippen molar-refractivity contribution < 1.29 is 19.2 Å². The Labute approximate surface area is 165 Å². The minimum Gasteiger partial charge on any atom is -0.478 e. The van der Waals surface area contributed by atoms with Crippen molar-refractivity contribution in [1.29, 1.82) is 0 Å². The van der Waals surface area contributed by atoms with Gasteiger partial charge in [-0.05, 0) is 42.5 Å². The molecular formula is C18H17FN4O4S. The number of benzene rings is 2. The van der Waals surface area contributed by atoms with E-state index in [2.05, 4.69) is 10.2 Å². The molecule has 1 aliphatic rings. The topological polar surface area (TPSA) is 99.0 Å². The fourth-order valence-corrected chi connectivity index (χ4v) is 3.22. The number of nitro groups is 1. The third-order valence-electron chi connectivity index (χ3n) is 4.44.